The van der Waals surface area contributed by atoms with Gasteiger partial charge >= 0.3 is 5.97 Å². The average molecular weight is 395 g/mol. The molecule has 1 N–H and O–H groups in total. The van der Waals surface area contributed by atoms with Gasteiger partial charge in [0, 0.05) is 35.4 Å². The van der Waals surface area contributed by atoms with Crippen LogP contribution in [0.4, 0.5) is 14.5 Å². The number of hydrogen-bond acceptors (Lipinski definition) is 3. The van der Waals surface area contributed by atoms with E-state index in [0.717, 1.165) is 0 Å². The molecule has 146 valence electrons. The van der Waals surface area contributed by atoms with Crippen molar-refractivity contribution in [3.63, 3.8) is 0 Å². The molecule has 8 heteroatoms. The molecule has 0 unspecified atom stereocenters. The number of hydrogen-bond donors (Lipinski definition) is 1. The van der Waals surface area contributed by atoms with Crippen molar-refractivity contribution in [1.82, 2.24) is 4.57 Å². The number of aromatic nitrogens is 1. The molecule has 3 rings (SSSR count). The highest BCUT2D eigenvalue weighted by Crippen LogP contribution is 2.25. The highest BCUT2D eigenvalue weighted by atomic mass is 19.1. The van der Waals surface area contributed by atoms with Gasteiger partial charge in [-0.1, -0.05) is 0 Å². The summed E-state index contributed by atoms with van der Waals surface area (Å²) in [6, 6.07) is 10.8. The molecule has 3 aromatic rings. The predicted molar refractivity (Wildman–Crippen MR) is 103 cm³/mol. The summed E-state index contributed by atoms with van der Waals surface area (Å²) in [6.45, 7) is -0.360. The number of fused-ring (bicyclic) bond motifs is 1. The van der Waals surface area contributed by atoms with E-state index in [9.17, 15) is 23.6 Å². The number of likely N-dealkylation sites (N-methyl/N-ethyl adjacent to an activating group) is 1. The van der Waals surface area contributed by atoms with Crippen molar-refractivity contribution >= 4 is 34.5 Å². The Morgan fingerprint density at radius 1 is 1.17 bits per heavy atom. The van der Waals surface area contributed by atoms with Gasteiger partial charge in [0.1, 0.15) is 29.8 Å². The lowest BCUT2D eigenvalue weighted by molar-refractivity contribution is -0.137. The number of amides is 1. The molecule has 1 heterocycles. The van der Waals surface area contributed by atoms with Crippen LogP contribution in [0.15, 0.2) is 54.2 Å². The van der Waals surface area contributed by atoms with Crippen molar-refractivity contribution in [3.8, 4) is 6.07 Å². The fourth-order valence-corrected chi connectivity index (χ4v) is 2.95. The molecule has 0 spiro atoms. The van der Waals surface area contributed by atoms with E-state index in [2.05, 4.69) is 0 Å². The second-order valence-corrected chi connectivity index (χ2v) is 6.28. The third-order valence-corrected chi connectivity index (χ3v) is 4.35. The molecule has 0 atom stereocenters. The standard InChI is InChI=1S/C21H15F2N3O3/c1-25(17-5-2-15(22)3-6-17)21(29)13(10-24)8-14-11-26(12-20(27)28)19-7-4-16(23)9-18(14)19/h2-9,11H,12H2,1H3,(H,27,28). The zero-order valence-electron chi connectivity index (χ0n) is 15.3. The molecular formula is C21H15F2N3O3. The van der Waals surface area contributed by atoms with Crippen LogP contribution in [0.2, 0.25) is 0 Å². The smallest absolute Gasteiger partial charge is 0.323 e. The maximum atomic E-state index is 13.7. The Labute approximate surface area is 164 Å². The molecule has 6 nitrogen and oxygen atoms in total. The Balaban J connectivity index is 2.04. The Morgan fingerprint density at radius 2 is 1.83 bits per heavy atom. The van der Waals surface area contributed by atoms with E-state index in [1.165, 1.54) is 71.3 Å². The largest absolute Gasteiger partial charge is 0.480 e. The summed E-state index contributed by atoms with van der Waals surface area (Å²) in [5.41, 5.74) is 0.933. The van der Waals surface area contributed by atoms with Gasteiger partial charge in [-0.25, -0.2) is 8.78 Å². The van der Waals surface area contributed by atoms with Crippen LogP contribution in [0.5, 0.6) is 0 Å². The monoisotopic (exact) mass is 395 g/mol. The van der Waals surface area contributed by atoms with Crippen LogP contribution in [-0.2, 0) is 16.1 Å². The number of anilines is 1. The summed E-state index contributed by atoms with van der Waals surface area (Å²) in [6.07, 6.45) is 2.73. The second kappa shape index (κ2) is 7.94. The van der Waals surface area contributed by atoms with Gasteiger partial charge < -0.3 is 14.6 Å². The lowest BCUT2D eigenvalue weighted by Gasteiger charge is -2.16. The first kappa shape index (κ1) is 19.8. The third kappa shape index (κ3) is 4.14. The first-order valence-corrected chi connectivity index (χ1v) is 8.45. The molecular weight excluding hydrogens is 380 g/mol. The van der Waals surface area contributed by atoms with Crippen LogP contribution in [0.1, 0.15) is 5.56 Å². The highest BCUT2D eigenvalue weighted by molar-refractivity contribution is 6.11. The third-order valence-electron chi connectivity index (χ3n) is 4.35. The molecule has 0 aliphatic carbocycles. The topological polar surface area (TPSA) is 86.3 Å². The molecule has 1 amide bonds. The molecule has 0 aliphatic rings. The fraction of sp³-hybridized carbons (Fsp3) is 0.0952. The maximum absolute atomic E-state index is 13.7. The fourth-order valence-electron chi connectivity index (χ4n) is 2.95. The number of aliphatic carboxylic acids is 1. The molecule has 0 saturated heterocycles. The van der Waals surface area contributed by atoms with Crippen LogP contribution in [0.3, 0.4) is 0 Å². The second-order valence-electron chi connectivity index (χ2n) is 6.28. The molecule has 2 aromatic carbocycles. The Hall–Kier alpha value is -3.99. The van der Waals surface area contributed by atoms with Crippen molar-refractivity contribution in [1.29, 1.82) is 5.26 Å². The minimum atomic E-state index is -1.09. The highest BCUT2D eigenvalue weighted by Gasteiger charge is 2.18. The molecule has 0 aliphatic heterocycles. The first-order valence-electron chi connectivity index (χ1n) is 8.45. The zero-order chi connectivity index (χ0) is 21.1. The van der Waals surface area contributed by atoms with Crippen LogP contribution >= 0.6 is 0 Å². The summed E-state index contributed by atoms with van der Waals surface area (Å²) in [7, 11) is 1.44. The Bertz CT molecular complexity index is 1170. The number of carboxylic acid groups (broad SMARTS) is 1. The van der Waals surface area contributed by atoms with E-state index in [1.807, 2.05) is 6.07 Å². The summed E-state index contributed by atoms with van der Waals surface area (Å²) in [4.78, 5) is 25.0. The zero-order valence-corrected chi connectivity index (χ0v) is 15.3. The normalized spacial score (nSPS) is 11.3. The van der Waals surface area contributed by atoms with E-state index in [0.29, 0.717) is 22.2 Å². The minimum Gasteiger partial charge on any atom is -0.480 e. The van der Waals surface area contributed by atoms with E-state index in [4.69, 9.17) is 5.11 Å². The van der Waals surface area contributed by atoms with Crippen LogP contribution in [-0.4, -0.2) is 28.6 Å². The number of nitriles is 1. The van der Waals surface area contributed by atoms with Gasteiger partial charge in [-0.2, -0.15) is 5.26 Å². The van der Waals surface area contributed by atoms with E-state index >= 15 is 0 Å². The van der Waals surface area contributed by atoms with Gasteiger partial charge in [0.25, 0.3) is 5.91 Å². The van der Waals surface area contributed by atoms with E-state index in [1.54, 1.807) is 0 Å². The lowest BCUT2D eigenvalue weighted by Crippen LogP contribution is -2.27. The van der Waals surface area contributed by atoms with E-state index < -0.39 is 23.5 Å². The molecule has 0 saturated carbocycles. The molecule has 0 fully saturated rings. The van der Waals surface area contributed by atoms with E-state index in [-0.39, 0.29) is 12.1 Å². The molecule has 0 bridgehead atoms. The number of carboxylic acids is 1. The number of carbonyl (C=O) groups is 2. The van der Waals surface area contributed by atoms with Crippen molar-refractivity contribution in [3.05, 3.63) is 71.4 Å². The van der Waals surface area contributed by atoms with Crippen molar-refractivity contribution < 1.29 is 23.5 Å². The number of carbonyl (C=O) groups excluding carboxylic acids is 1. The van der Waals surface area contributed by atoms with Gasteiger partial charge in [0.2, 0.25) is 0 Å². The molecule has 1 aromatic heterocycles. The van der Waals surface area contributed by atoms with Crippen molar-refractivity contribution in [2.45, 2.75) is 6.54 Å². The van der Waals surface area contributed by atoms with Gasteiger partial charge in [-0.05, 0) is 48.5 Å². The summed E-state index contributed by atoms with van der Waals surface area (Å²) in [5, 5.41) is 18.9. The van der Waals surface area contributed by atoms with Gasteiger partial charge in [-0.3, -0.25) is 9.59 Å². The lowest BCUT2D eigenvalue weighted by atomic mass is 10.1. The van der Waals surface area contributed by atoms with Crippen LogP contribution < -0.4 is 4.90 Å². The number of nitrogens with zero attached hydrogens (tertiary/aromatic N) is 3. The SMILES string of the molecule is CN(C(=O)C(C#N)=Cc1cn(CC(=O)O)c2ccc(F)cc12)c1ccc(F)cc1. The summed E-state index contributed by atoms with van der Waals surface area (Å²) in [5.74, 6) is -2.73. The maximum Gasteiger partial charge on any atom is 0.323 e. The first-order chi connectivity index (χ1) is 13.8. The summed E-state index contributed by atoms with van der Waals surface area (Å²) < 4.78 is 28.2. The van der Waals surface area contributed by atoms with Crippen LogP contribution in [0.25, 0.3) is 17.0 Å². The Morgan fingerprint density at radius 3 is 2.45 bits per heavy atom. The summed E-state index contributed by atoms with van der Waals surface area (Å²) >= 11 is 0. The number of rotatable bonds is 5. The van der Waals surface area contributed by atoms with Gasteiger partial charge in [0.15, 0.2) is 0 Å². The van der Waals surface area contributed by atoms with Crippen molar-refractivity contribution in [2.24, 2.45) is 0 Å². The molecule has 29 heavy (non-hydrogen) atoms. The Kier molecular flexibility index (Phi) is 5.41. The van der Waals surface area contributed by atoms with Gasteiger partial charge in [-0.15, -0.1) is 0 Å². The number of halogens is 2. The number of benzene rings is 2. The molecule has 0 radical (unpaired) electrons. The quantitative estimate of drug-likeness (QED) is 0.529. The van der Waals surface area contributed by atoms with Gasteiger partial charge in [0.05, 0.1) is 0 Å². The van der Waals surface area contributed by atoms with Crippen molar-refractivity contribution in [2.75, 3.05) is 11.9 Å². The van der Waals surface area contributed by atoms with Crippen LogP contribution in [0, 0.1) is 23.0 Å². The minimum absolute atomic E-state index is 0.240. The average Bonchev–Trinajstić information content (AvgIpc) is 3.01. The predicted octanol–water partition coefficient (Wildman–Crippen LogP) is 3.57.